The van der Waals surface area contributed by atoms with Gasteiger partial charge in [-0.25, -0.2) is 0 Å². The van der Waals surface area contributed by atoms with Gasteiger partial charge in [0, 0.05) is 0 Å². The van der Waals surface area contributed by atoms with Crippen LogP contribution < -0.4 is 9.47 Å². The highest BCUT2D eigenvalue weighted by atomic mass is 16.7. The molecule has 44 heavy (non-hydrogen) atoms. The van der Waals surface area contributed by atoms with E-state index >= 15 is 0 Å². The van der Waals surface area contributed by atoms with Crippen molar-refractivity contribution in [3.05, 3.63) is 132 Å². The lowest BCUT2D eigenvalue weighted by molar-refractivity contribution is -0.319. The molecule has 4 aromatic carbocycles. The Hall–Kier alpha value is -3.76. The predicted octanol–water partition coefficient (Wildman–Crippen LogP) is 5.56. The molecule has 1 aliphatic rings. The normalized spacial score (nSPS) is 21.5. The molecular formula is C36H40O8. The van der Waals surface area contributed by atoms with Gasteiger partial charge >= 0.3 is 0 Å². The maximum Gasteiger partial charge on any atom is 0.186 e. The first-order valence-electron chi connectivity index (χ1n) is 14.8. The molecule has 8 heteroatoms. The molecule has 1 aliphatic heterocycles. The standard InChI is InChI=1S/C36H40O8/c1-38-30-17-19-31(20-18-30)40-21-22-41-36-33(37)35(43-25-29-15-9-4-10-16-29)34(42-24-28-13-7-3-8-14-28)32(44-36)26-39-23-27-11-5-2-6-12-27/h2-20,32-37H,21-26H2,1H3/t32-,33-,34+,35-,36-/m1/s1. The minimum absolute atomic E-state index is 0.187. The Kier molecular flexibility index (Phi) is 12.2. The fourth-order valence-corrected chi connectivity index (χ4v) is 4.95. The number of rotatable bonds is 16. The van der Waals surface area contributed by atoms with E-state index in [4.69, 9.17) is 33.2 Å². The third-order valence-electron chi connectivity index (χ3n) is 7.27. The van der Waals surface area contributed by atoms with Crippen LogP contribution in [-0.4, -0.2) is 62.7 Å². The third kappa shape index (κ3) is 9.37. The molecule has 0 amide bonds. The van der Waals surface area contributed by atoms with E-state index in [9.17, 15) is 5.11 Å². The van der Waals surface area contributed by atoms with E-state index in [1.165, 1.54) is 0 Å². The van der Waals surface area contributed by atoms with Gasteiger partial charge in [0.1, 0.15) is 42.5 Å². The second kappa shape index (κ2) is 16.9. The smallest absolute Gasteiger partial charge is 0.186 e. The molecule has 0 radical (unpaired) electrons. The number of methoxy groups -OCH3 is 1. The van der Waals surface area contributed by atoms with Crippen LogP contribution in [0.2, 0.25) is 0 Å². The number of ether oxygens (including phenoxy) is 7. The van der Waals surface area contributed by atoms with Crippen LogP contribution >= 0.6 is 0 Å². The Morgan fingerprint density at radius 1 is 0.591 bits per heavy atom. The molecule has 0 unspecified atom stereocenters. The van der Waals surface area contributed by atoms with E-state index in [2.05, 4.69) is 0 Å². The average molecular weight is 601 g/mol. The second-order valence-corrected chi connectivity index (χ2v) is 10.5. The summed E-state index contributed by atoms with van der Waals surface area (Å²) in [6, 6.07) is 37.0. The first-order chi connectivity index (χ1) is 21.7. The summed E-state index contributed by atoms with van der Waals surface area (Å²) in [5, 5.41) is 11.5. The van der Waals surface area contributed by atoms with Gasteiger partial charge in [-0.15, -0.1) is 0 Å². The molecule has 1 saturated heterocycles. The highest BCUT2D eigenvalue weighted by molar-refractivity contribution is 5.31. The van der Waals surface area contributed by atoms with Crippen LogP contribution in [0, 0.1) is 0 Å². The van der Waals surface area contributed by atoms with Crippen molar-refractivity contribution < 1.29 is 38.3 Å². The summed E-state index contributed by atoms with van der Waals surface area (Å²) >= 11 is 0. The van der Waals surface area contributed by atoms with Gasteiger partial charge in [0.15, 0.2) is 6.29 Å². The van der Waals surface area contributed by atoms with E-state index in [-0.39, 0.29) is 19.8 Å². The van der Waals surface area contributed by atoms with Crippen molar-refractivity contribution in [2.45, 2.75) is 50.5 Å². The maximum atomic E-state index is 11.5. The fraction of sp³-hybridized carbons (Fsp3) is 0.333. The largest absolute Gasteiger partial charge is 0.497 e. The van der Waals surface area contributed by atoms with Crippen LogP contribution in [0.1, 0.15) is 16.7 Å². The van der Waals surface area contributed by atoms with Gasteiger partial charge < -0.3 is 38.3 Å². The Balaban J connectivity index is 1.28. The van der Waals surface area contributed by atoms with Gasteiger partial charge in [-0.2, -0.15) is 0 Å². The minimum atomic E-state index is -1.12. The van der Waals surface area contributed by atoms with Crippen molar-refractivity contribution in [2.75, 3.05) is 26.9 Å². The zero-order valence-corrected chi connectivity index (χ0v) is 24.9. The van der Waals surface area contributed by atoms with Crippen molar-refractivity contribution in [2.24, 2.45) is 0 Å². The molecule has 0 aromatic heterocycles. The lowest BCUT2D eigenvalue weighted by atomic mass is 9.98. The average Bonchev–Trinajstić information content (AvgIpc) is 3.08. The predicted molar refractivity (Wildman–Crippen MR) is 165 cm³/mol. The topological polar surface area (TPSA) is 84.8 Å². The van der Waals surface area contributed by atoms with E-state index in [1.807, 2.05) is 115 Å². The zero-order chi connectivity index (χ0) is 30.4. The lowest BCUT2D eigenvalue weighted by Crippen LogP contribution is -2.61. The van der Waals surface area contributed by atoms with Crippen LogP contribution in [-0.2, 0) is 43.5 Å². The highest BCUT2D eigenvalue weighted by Gasteiger charge is 2.47. The van der Waals surface area contributed by atoms with Crippen LogP contribution in [0.25, 0.3) is 0 Å². The second-order valence-electron chi connectivity index (χ2n) is 10.5. The Bertz CT molecular complexity index is 1340. The van der Waals surface area contributed by atoms with E-state index in [0.29, 0.717) is 25.6 Å². The molecule has 0 saturated carbocycles. The molecule has 1 fully saturated rings. The summed E-state index contributed by atoms with van der Waals surface area (Å²) in [5.41, 5.74) is 3.03. The molecule has 5 rings (SSSR count). The molecule has 1 heterocycles. The summed E-state index contributed by atoms with van der Waals surface area (Å²) in [4.78, 5) is 0. The number of benzene rings is 4. The molecule has 232 valence electrons. The number of hydrogen-bond donors (Lipinski definition) is 1. The number of hydrogen-bond acceptors (Lipinski definition) is 8. The van der Waals surface area contributed by atoms with Crippen LogP contribution in [0.4, 0.5) is 0 Å². The molecule has 4 aromatic rings. The van der Waals surface area contributed by atoms with Crippen molar-refractivity contribution >= 4 is 0 Å². The Morgan fingerprint density at radius 3 is 1.68 bits per heavy atom. The van der Waals surface area contributed by atoms with E-state index in [0.717, 1.165) is 22.4 Å². The maximum absolute atomic E-state index is 11.5. The van der Waals surface area contributed by atoms with Gasteiger partial charge in [-0.05, 0) is 41.0 Å². The van der Waals surface area contributed by atoms with Gasteiger partial charge in [0.25, 0.3) is 0 Å². The minimum Gasteiger partial charge on any atom is -0.497 e. The Morgan fingerprint density at radius 2 is 1.11 bits per heavy atom. The first kappa shape index (κ1) is 31.7. The highest BCUT2D eigenvalue weighted by Crippen LogP contribution is 2.29. The summed E-state index contributed by atoms with van der Waals surface area (Å²) < 4.78 is 42.3. The lowest BCUT2D eigenvalue weighted by Gasteiger charge is -2.44. The SMILES string of the molecule is COc1ccc(OCCO[C@@H]2O[C@H](COCc3ccccc3)[C@H](OCc3ccccc3)[C@H](OCc3ccccc3)[C@H]2O)cc1. The third-order valence-corrected chi connectivity index (χ3v) is 7.27. The number of aliphatic hydroxyl groups excluding tert-OH is 1. The molecule has 1 N–H and O–H groups in total. The van der Waals surface area contributed by atoms with Gasteiger partial charge in [0.2, 0.25) is 0 Å². The molecule has 0 spiro atoms. The molecular weight excluding hydrogens is 560 g/mol. The van der Waals surface area contributed by atoms with Crippen molar-refractivity contribution in [3.63, 3.8) is 0 Å². The molecule has 5 atom stereocenters. The van der Waals surface area contributed by atoms with Crippen molar-refractivity contribution in [1.82, 2.24) is 0 Å². The first-order valence-corrected chi connectivity index (χ1v) is 14.8. The van der Waals surface area contributed by atoms with Gasteiger partial charge in [-0.3, -0.25) is 0 Å². The van der Waals surface area contributed by atoms with Crippen LogP contribution in [0.15, 0.2) is 115 Å². The number of aliphatic hydroxyl groups is 1. The molecule has 8 nitrogen and oxygen atoms in total. The van der Waals surface area contributed by atoms with E-state index in [1.54, 1.807) is 7.11 Å². The fourth-order valence-electron chi connectivity index (χ4n) is 4.95. The monoisotopic (exact) mass is 600 g/mol. The van der Waals surface area contributed by atoms with Crippen LogP contribution in [0.3, 0.4) is 0 Å². The Labute approximate surface area is 259 Å². The van der Waals surface area contributed by atoms with Gasteiger partial charge in [0.05, 0.1) is 40.1 Å². The van der Waals surface area contributed by atoms with Crippen molar-refractivity contribution in [1.29, 1.82) is 0 Å². The summed E-state index contributed by atoms with van der Waals surface area (Å²) in [6.45, 7) is 1.69. The summed E-state index contributed by atoms with van der Waals surface area (Å²) in [6.07, 6.45) is -4.03. The van der Waals surface area contributed by atoms with Crippen LogP contribution in [0.5, 0.6) is 11.5 Å². The van der Waals surface area contributed by atoms with E-state index < -0.39 is 30.7 Å². The summed E-state index contributed by atoms with van der Waals surface area (Å²) in [5.74, 6) is 1.43. The molecule has 0 bridgehead atoms. The van der Waals surface area contributed by atoms with Crippen molar-refractivity contribution in [3.8, 4) is 11.5 Å². The summed E-state index contributed by atoms with van der Waals surface area (Å²) in [7, 11) is 1.62. The molecule has 0 aliphatic carbocycles. The van der Waals surface area contributed by atoms with Gasteiger partial charge in [-0.1, -0.05) is 91.0 Å². The zero-order valence-electron chi connectivity index (χ0n) is 24.9. The quantitative estimate of drug-likeness (QED) is 0.167.